The van der Waals surface area contributed by atoms with Gasteiger partial charge in [-0.1, -0.05) is 35.6 Å². The third-order valence-corrected chi connectivity index (χ3v) is 5.86. The summed E-state index contributed by atoms with van der Waals surface area (Å²) in [5.74, 6) is -0.327. The number of nitrogens with one attached hydrogen (secondary N) is 2. The largest absolute Gasteiger partial charge is 0.496 e. The van der Waals surface area contributed by atoms with Gasteiger partial charge in [-0.25, -0.2) is 9.78 Å². The third kappa shape index (κ3) is 5.10. The number of hydrogen-bond acceptors (Lipinski definition) is 7. The van der Waals surface area contributed by atoms with Gasteiger partial charge in [0.15, 0.2) is 10.2 Å². The Hall–Kier alpha value is -3.56. The molecule has 1 aromatic heterocycles. The lowest BCUT2D eigenvalue weighted by atomic mass is 10.1. The maximum Gasteiger partial charge on any atom is 0.338 e. The first-order valence-electron chi connectivity index (χ1n) is 10.1. The molecule has 168 valence electrons. The molecule has 0 atom stereocenters. The molecule has 1 amide bonds. The van der Waals surface area contributed by atoms with Crippen molar-refractivity contribution in [3.63, 3.8) is 0 Å². The average Bonchev–Trinajstić information content (AvgIpc) is 3.18. The number of anilines is 1. The summed E-state index contributed by atoms with van der Waals surface area (Å²) in [7, 11) is 1.52. The first kappa shape index (κ1) is 22.6. The molecule has 3 aromatic carbocycles. The second kappa shape index (κ2) is 9.51. The molecule has 0 aliphatic heterocycles. The number of rotatable bonds is 5. The van der Waals surface area contributed by atoms with E-state index in [4.69, 9.17) is 21.7 Å². The van der Waals surface area contributed by atoms with Crippen LogP contribution in [0.15, 0.2) is 54.6 Å². The van der Waals surface area contributed by atoms with Crippen LogP contribution in [0.2, 0.25) is 0 Å². The SMILES string of the molecule is COc1cc2ccccc2cc1C(=O)NC(=S)Nc1nc2ccc(C(=O)OC(C)C)cc2s1. The van der Waals surface area contributed by atoms with Crippen LogP contribution in [0.5, 0.6) is 5.75 Å². The van der Waals surface area contributed by atoms with Gasteiger partial charge in [-0.15, -0.1) is 0 Å². The zero-order valence-electron chi connectivity index (χ0n) is 18.2. The van der Waals surface area contributed by atoms with Crippen LogP contribution in [0, 0.1) is 0 Å². The first-order chi connectivity index (χ1) is 15.8. The number of methoxy groups -OCH3 is 1. The summed E-state index contributed by atoms with van der Waals surface area (Å²) < 4.78 is 11.4. The van der Waals surface area contributed by atoms with E-state index in [9.17, 15) is 9.59 Å². The molecule has 4 aromatic rings. The van der Waals surface area contributed by atoms with Gasteiger partial charge in [0.05, 0.1) is 34.6 Å². The minimum atomic E-state index is -0.394. The predicted octanol–water partition coefficient (Wildman–Crippen LogP) is 5.15. The van der Waals surface area contributed by atoms with Gasteiger partial charge in [-0.05, 0) is 67.2 Å². The molecule has 0 unspecified atom stereocenters. The topological polar surface area (TPSA) is 89.5 Å². The number of ether oxygens (including phenoxy) is 2. The summed E-state index contributed by atoms with van der Waals surface area (Å²) >= 11 is 6.63. The molecule has 9 heteroatoms. The summed E-state index contributed by atoms with van der Waals surface area (Å²) in [6, 6.07) is 16.4. The second-order valence-electron chi connectivity index (χ2n) is 7.46. The number of esters is 1. The number of thiocarbonyl (C=S) groups is 1. The molecule has 33 heavy (non-hydrogen) atoms. The van der Waals surface area contributed by atoms with Crippen LogP contribution in [0.4, 0.5) is 5.13 Å². The minimum absolute atomic E-state index is 0.105. The van der Waals surface area contributed by atoms with Gasteiger partial charge in [0, 0.05) is 0 Å². The van der Waals surface area contributed by atoms with E-state index >= 15 is 0 Å². The molecule has 0 aliphatic carbocycles. The highest BCUT2D eigenvalue weighted by Crippen LogP contribution is 2.28. The van der Waals surface area contributed by atoms with E-state index in [-0.39, 0.29) is 17.2 Å². The van der Waals surface area contributed by atoms with Crippen LogP contribution in [-0.2, 0) is 4.74 Å². The quantitative estimate of drug-likeness (QED) is 0.302. The Bertz CT molecular complexity index is 1380. The van der Waals surface area contributed by atoms with Crippen molar-refractivity contribution in [3.8, 4) is 5.75 Å². The molecule has 0 bridgehead atoms. The normalized spacial score (nSPS) is 10.9. The average molecular weight is 480 g/mol. The van der Waals surface area contributed by atoms with Crippen molar-refractivity contribution in [1.29, 1.82) is 0 Å². The summed E-state index contributed by atoms with van der Waals surface area (Å²) in [5, 5.41) is 8.10. The molecular formula is C24H21N3O4S2. The molecule has 0 saturated carbocycles. The van der Waals surface area contributed by atoms with E-state index in [1.165, 1.54) is 18.4 Å². The maximum absolute atomic E-state index is 12.9. The highest BCUT2D eigenvalue weighted by atomic mass is 32.1. The van der Waals surface area contributed by atoms with E-state index in [0.29, 0.717) is 27.5 Å². The molecule has 1 heterocycles. The molecule has 0 aliphatic rings. The Morgan fingerprint density at radius 3 is 2.48 bits per heavy atom. The highest BCUT2D eigenvalue weighted by molar-refractivity contribution is 7.80. The molecular weight excluding hydrogens is 458 g/mol. The van der Waals surface area contributed by atoms with Crippen LogP contribution >= 0.6 is 23.6 Å². The van der Waals surface area contributed by atoms with E-state index < -0.39 is 5.91 Å². The number of thiazole rings is 1. The lowest BCUT2D eigenvalue weighted by Gasteiger charge is -2.11. The Kier molecular flexibility index (Phi) is 6.52. The molecule has 2 N–H and O–H groups in total. The van der Waals surface area contributed by atoms with Gasteiger partial charge in [0.2, 0.25) is 0 Å². The van der Waals surface area contributed by atoms with Crippen molar-refractivity contribution < 1.29 is 19.1 Å². The molecule has 0 spiro atoms. The van der Waals surface area contributed by atoms with Crippen molar-refractivity contribution in [2.24, 2.45) is 0 Å². The van der Waals surface area contributed by atoms with Crippen LogP contribution in [0.3, 0.4) is 0 Å². The first-order valence-corrected chi connectivity index (χ1v) is 11.4. The van der Waals surface area contributed by atoms with Gasteiger partial charge in [-0.3, -0.25) is 10.1 Å². The smallest absolute Gasteiger partial charge is 0.338 e. The number of amides is 1. The Morgan fingerprint density at radius 1 is 1.06 bits per heavy atom. The van der Waals surface area contributed by atoms with Crippen LogP contribution in [0.1, 0.15) is 34.6 Å². The summed E-state index contributed by atoms with van der Waals surface area (Å²) in [6.45, 7) is 3.60. The number of carbonyl (C=O) groups excluding carboxylic acids is 2. The lowest BCUT2D eigenvalue weighted by molar-refractivity contribution is 0.0378. The van der Waals surface area contributed by atoms with Gasteiger partial charge in [-0.2, -0.15) is 0 Å². The number of carbonyl (C=O) groups is 2. The zero-order valence-corrected chi connectivity index (χ0v) is 19.8. The lowest BCUT2D eigenvalue weighted by Crippen LogP contribution is -2.34. The van der Waals surface area contributed by atoms with E-state index in [1.807, 2.05) is 30.3 Å². The summed E-state index contributed by atoms with van der Waals surface area (Å²) in [4.78, 5) is 29.5. The number of hydrogen-bond donors (Lipinski definition) is 2. The van der Waals surface area contributed by atoms with Gasteiger partial charge < -0.3 is 14.8 Å². The maximum atomic E-state index is 12.9. The standard InChI is InChI=1S/C24H21N3O4S2/c1-13(2)31-22(29)16-8-9-18-20(12-16)33-24(25-18)27-23(32)26-21(28)17-10-14-6-4-5-7-15(14)11-19(17)30-3/h4-13H,1-3H3,(H2,25,26,27,28,32). The van der Waals surface area contributed by atoms with Crippen molar-refractivity contribution in [3.05, 3.63) is 65.7 Å². The Balaban J connectivity index is 1.49. The van der Waals surface area contributed by atoms with Crippen molar-refractivity contribution >= 4 is 66.7 Å². The number of nitrogens with zero attached hydrogens (tertiary/aromatic N) is 1. The molecule has 0 fully saturated rings. The van der Waals surface area contributed by atoms with Crippen molar-refractivity contribution in [1.82, 2.24) is 10.3 Å². The van der Waals surface area contributed by atoms with Gasteiger partial charge >= 0.3 is 5.97 Å². The third-order valence-electron chi connectivity index (χ3n) is 4.73. The van der Waals surface area contributed by atoms with Crippen molar-refractivity contribution in [2.45, 2.75) is 20.0 Å². The summed E-state index contributed by atoms with van der Waals surface area (Å²) in [5.41, 5.74) is 1.53. The van der Waals surface area contributed by atoms with Crippen molar-refractivity contribution in [2.75, 3.05) is 12.4 Å². The number of benzene rings is 3. The molecule has 7 nitrogen and oxygen atoms in total. The monoisotopic (exact) mass is 479 g/mol. The fraction of sp³-hybridized carbons (Fsp3) is 0.167. The van der Waals surface area contributed by atoms with Crippen LogP contribution < -0.4 is 15.4 Å². The number of aromatic nitrogens is 1. The van der Waals surface area contributed by atoms with E-state index in [1.54, 1.807) is 38.1 Å². The zero-order chi connectivity index (χ0) is 23.5. The molecule has 4 rings (SSSR count). The minimum Gasteiger partial charge on any atom is -0.496 e. The Morgan fingerprint density at radius 2 is 1.79 bits per heavy atom. The van der Waals surface area contributed by atoms with E-state index in [2.05, 4.69) is 15.6 Å². The van der Waals surface area contributed by atoms with Gasteiger partial charge in [0.1, 0.15) is 5.75 Å². The van der Waals surface area contributed by atoms with E-state index in [0.717, 1.165) is 15.5 Å². The van der Waals surface area contributed by atoms with Crippen LogP contribution in [-0.4, -0.2) is 35.2 Å². The second-order valence-corrected chi connectivity index (χ2v) is 8.90. The Labute approximate surface area is 199 Å². The van der Waals surface area contributed by atoms with Gasteiger partial charge in [0.25, 0.3) is 5.91 Å². The fourth-order valence-corrected chi connectivity index (χ4v) is 4.42. The fourth-order valence-electron chi connectivity index (χ4n) is 3.25. The molecule has 0 saturated heterocycles. The number of fused-ring (bicyclic) bond motifs is 2. The summed E-state index contributed by atoms with van der Waals surface area (Å²) in [6.07, 6.45) is -0.200. The molecule has 0 radical (unpaired) electrons. The predicted molar refractivity (Wildman–Crippen MR) is 134 cm³/mol. The highest BCUT2D eigenvalue weighted by Gasteiger charge is 2.16. The van der Waals surface area contributed by atoms with Crippen LogP contribution in [0.25, 0.3) is 21.0 Å².